The van der Waals surface area contributed by atoms with Crippen LogP contribution in [0.25, 0.3) is 0 Å². The molecule has 3 rings (SSSR count). The molecule has 0 amide bonds. The van der Waals surface area contributed by atoms with E-state index in [0.29, 0.717) is 5.25 Å². The monoisotopic (exact) mass is 489 g/mol. The van der Waals surface area contributed by atoms with Crippen molar-refractivity contribution in [3.8, 4) is 0 Å². The molecule has 0 aliphatic rings. The van der Waals surface area contributed by atoms with Crippen LogP contribution in [0.4, 0.5) is 0 Å². The first-order chi connectivity index (χ1) is 16.6. The molecule has 0 saturated carbocycles. The van der Waals surface area contributed by atoms with Gasteiger partial charge in [0.1, 0.15) is 5.60 Å². The standard InChI is InChI=1S/C31H39NO2S/c1-23(2)35-29-20-14-13-19-27(29)28(21-30(33)34-31(4,5)6)32(22-25-15-9-7-10-16-25)24(3)26-17-11-8-12-18-26/h7-20,23-24,28H,21-22H2,1-6H3/t24-,28-/m1/s1. The Morgan fingerprint density at radius 1 is 0.857 bits per heavy atom. The van der Waals surface area contributed by atoms with E-state index in [2.05, 4.69) is 98.5 Å². The maximum absolute atomic E-state index is 13.2. The van der Waals surface area contributed by atoms with E-state index in [-0.39, 0.29) is 24.5 Å². The van der Waals surface area contributed by atoms with Gasteiger partial charge in [-0.25, -0.2) is 0 Å². The van der Waals surface area contributed by atoms with Crippen LogP contribution in [0, 0.1) is 0 Å². The number of thioether (sulfide) groups is 1. The molecule has 0 unspecified atom stereocenters. The summed E-state index contributed by atoms with van der Waals surface area (Å²) in [5, 5.41) is 0.437. The molecule has 3 aromatic rings. The second kappa shape index (κ2) is 12.4. The quantitative estimate of drug-likeness (QED) is 0.212. The van der Waals surface area contributed by atoms with Crippen molar-refractivity contribution in [3.05, 3.63) is 102 Å². The van der Waals surface area contributed by atoms with Crippen LogP contribution in [0.15, 0.2) is 89.8 Å². The zero-order valence-corrected chi connectivity index (χ0v) is 22.7. The van der Waals surface area contributed by atoms with E-state index in [4.69, 9.17) is 4.74 Å². The molecule has 0 saturated heterocycles. The lowest BCUT2D eigenvalue weighted by atomic mass is 9.96. The van der Waals surface area contributed by atoms with Crippen LogP contribution in [-0.2, 0) is 16.1 Å². The van der Waals surface area contributed by atoms with Gasteiger partial charge in [0.25, 0.3) is 0 Å². The first-order valence-corrected chi connectivity index (χ1v) is 13.3. The van der Waals surface area contributed by atoms with Crippen molar-refractivity contribution in [2.24, 2.45) is 0 Å². The minimum absolute atomic E-state index is 0.0981. The number of carbonyl (C=O) groups excluding carboxylic acids is 1. The van der Waals surface area contributed by atoms with Crippen LogP contribution in [-0.4, -0.2) is 21.7 Å². The number of hydrogen-bond acceptors (Lipinski definition) is 4. The van der Waals surface area contributed by atoms with Gasteiger partial charge in [-0.2, -0.15) is 0 Å². The molecule has 2 atom stereocenters. The smallest absolute Gasteiger partial charge is 0.308 e. The summed E-state index contributed by atoms with van der Waals surface area (Å²) in [6, 6.07) is 29.5. The Hall–Kier alpha value is -2.56. The lowest BCUT2D eigenvalue weighted by Gasteiger charge is -2.38. The molecule has 0 N–H and O–H groups in total. The third-order valence-electron chi connectivity index (χ3n) is 5.81. The fourth-order valence-corrected chi connectivity index (χ4v) is 5.30. The van der Waals surface area contributed by atoms with Crippen LogP contribution in [0.1, 0.15) is 76.7 Å². The average Bonchev–Trinajstić information content (AvgIpc) is 2.81. The van der Waals surface area contributed by atoms with Crippen molar-refractivity contribution < 1.29 is 9.53 Å². The molecule has 4 heteroatoms. The van der Waals surface area contributed by atoms with E-state index < -0.39 is 5.60 Å². The van der Waals surface area contributed by atoms with E-state index in [1.807, 2.05) is 44.7 Å². The molecule has 35 heavy (non-hydrogen) atoms. The van der Waals surface area contributed by atoms with Gasteiger partial charge in [-0.1, -0.05) is 92.7 Å². The number of nitrogens with zero attached hydrogens (tertiary/aromatic N) is 1. The average molecular weight is 490 g/mol. The number of ether oxygens (including phenoxy) is 1. The summed E-state index contributed by atoms with van der Waals surface area (Å²) in [5.41, 5.74) is 3.10. The highest BCUT2D eigenvalue weighted by Gasteiger charge is 2.31. The maximum atomic E-state index is 13.2. The zero-order chi connectivity index (χ0) is 25.4. The second-order valence-corrected chi connectivity index (χ2v) is 11.9. The van der Waals surface area contributed by atoms with Gasteiger partial charge < -0.3 is 4.74 Å². The predicted molar refractivity (Wildman–Crippen MR) is 147 cm³/mol. The summed E-state index contributed by atoms with van der Waals surface area (Å²) in [6.07, 6.45) is 0.289. The van der Waals surface area contributed by atoms with Crippen LogP contribution in [0.5, 0.6) is 0 Å². The number of benzene rings is 3. The van der Waals surface area contributed by atoms with Gasteiger partial charge >= 0.3 is 5.97 Å². The molecule has 0 aliphatic carbocycles. The number of esters is 1. The highest BCUT2D eigenvalue weighted by atomic mass is 32.2. The van der Waals surface area contributed by atoms with Crippen LogP contribution in [0.3, 0.4) is 0 Å². The largest absolute Gasteiger partial charge is 0.460 e. The first kappa shape index (κ1) is 27.0. The second-order valence-electron chi connectivity index (χ2n) is 10.3. The molecule has 0 bridgehead atoms. The summed E-state index contributed by atoms with van der Waals surface area (Å²) < 4.78 is 5.82. The highest BCUT2D eigenvalue weighted by molar-refractivity contribution is 8.00. The summed E-state index contributed by atoms with van der Waals surface area (Å²) >= 11 is 1.85. The molecule has 0 aromatic heterocycles. The highest BCUT2D eigenvalue weighted by Crippen LogP contribution is 2.40. The fraction of sp³-hybridized carbons (Fsp3) is 0.387. The van der Waals surface area contributed by atoms with E-state index in [1.54, 1.807) is 0 Å². The molecular formula is C31H39NO2S. The van der Waals surface area contributed by atoms with Crippen molar-refractivity contribution in [3.63, 3.8) is 0 Å². The van der Waals surface area contributed by atoms with Crippen molar-refractivity contribution >= 4 is 17.7 Å². The molecule has 0 heterocycles. The zero-order valence-electron chi connectivity index (χ0n) is 21.9. The summed E-state index contributed by atoms with van der Waals surface area (Å²) in [4.78, 5) is 16.9. The van der Waals surface area contributed by atoms with Gasteiger partial charge in [-0.15, -0.1) is 11.8 Å². The minimum atomic E-state index is -0.525. The fourth-order valence-electron chi connectivity index (χ4n) is 4.30. The molecule has 0 aliphatic heterocycles. The number of rotatable bonds is 10. The van der Waals surface area contributed by atoms with Crippen LogP contribution in [0.2, 0.25) is 0 Å². The van der Waals surface area contributed by atoms with E-state index in [0.717, 1.165) is 6.54 Å². The van der Waals surface area contributed by atoms with E-state index >= 15 is 0 Å². The SMILES string of the molecule is CC(C)Sc1ccccc1[C@@H](CC(=O)OC(C)(C)C)N(Cc1ccccc1)[C@H](C)c1ccccc1. The van der Waals surface area contributed by atoms with Crippen molar-refractivity contribution in [2.45, 2.75) is 82.3 Å². The van der Waals surface area contributed by atoms with Gasteiger partial charge in [0.15, 0.2) is 0 Å². The summed E-state index contributed by atoms with van der Waals surface area (Å²) in [6.45, 7) is 13.2. The molecule has 186 valence electrons. The van der Waals surface area contributed by atoms with Gasteiger partial charge in [0.2, 0.25) is 0 Å². The predicted octanol–water partition coefficient (Wildman–Crippen LogP) is 8.22. The Kier molecular flexibility index (Phi) is 9.59. The maximum Gasteiger partial charge on any atom is 0.308 e. The van der Waals surface area contributed by atoms with Gasteiger partial charge in [0, 0.05) is 28.8 Å². The van der Waals surface area contributed by atoms with Crippen molar-refractivity contribution in [2.75, 3.05) is 0 Å². The Morgan fingerprint density at radius 2 is 1.43 bits per heavy atom. The third-order valence-corrected chi connectivity index (χ3v) is 6.91. The van der Waals surface area contributed by atoms with E-state index in [9.17, 15) is 4.79 Å². The Labute approximate surface area is 215 Å². The normalized spacial score (nSPS) is 13.6. The number of hydrogen-bond donors (Lipinski definition) is 0. The van der Waals surface area contributed by atoms with Gasteiger partial charge in [0.05, 0.1) is 6.42 Å². The van der Waals surface area contributed by atoms with E-state index in [1.165, 1.54) is 21.6 Å². The summed E-state index contributed by atoms with van der Waals surface area (Å²) in [5.74, 6) is -0.176. The Bertz CT molecular complexity index is 1060. The van der Waals surface area contributed by atoms with Gasteiger partial charge in [-0.3, -0.25) is 9.69 Å². The van der Waals surface area contributed by atoms with Crippen molar-refractivity contribution in [1.29, 1.82) is 0 Å². The first-order valence-electron chi connectivity index (χ1n) is 12.5. The molecule has 0 spiro atoms. The molecule has 0 radical (unpaired) electrons. The van der Waals surface area contributed by atoms with Crippen molar-refractivity contribution in [1.82, 2.24) is 4.90 Å². The van der Waals surface area contributed by atoms with Crippen LogP contribution < -0.4 is 0 Å². The third kappa shape index (κ3) is 8.26. The van der Waals surface area contributed by atoms with Gasteiger partial charge in [-0.05, 0) is 50.5 Å². The number of carbonyl (C=O) groups is 1. The lowest BCUT2D eigenvalue weighted by Crippen LogP contribution is -2.34. The Balaban J connectivity index is 2.10. The topological polar surface area (TPSA) is 29.5 Å². The Morgan fingerprint density at radius 3 is 2.03 bits per heavy atom. The molecule has 0 fully saturated rings. The molecule has 3 aromatic carbocycles. The molecular weight excluding hydrogens is 450 g/mol. The summed E-state index contributed by atoms with van der Waals surface area (Å²) in [7, 11) is 0. The molecule has 3 nitrogen and oxygen atoms in total. The minimum Gasteiger partial charge on any atom is -0.460 e. The lowest BCUT2D eigenvalue weighted by molar-refractivity contribution is -0.156. The van der Waals surface area contributed by atoms with Crippen LogP contribution >= 0.6 is 11.8 Å².